The maximum atomic E-state index is 12.9. The second-order valence-corrected chi connectivity index (χ2v) is 8.92. The summed E-state index contributed by atoms with van der Waals surface area (Å²) < 4.78 is 26.9. The van der Waals surface area contributed by atoms with Gasteiger partial charge in [-0.25, -0.2) is 0 Å². The zero-order valence-corrected chi connectivity index (χ0v) is 14.4. The Morgan fingerprint density at radius 2 is 1.92 bits per heavy atom. The minimum absolute atomic E-state index is 0.0123. The van der Waals surface area contributed by atoms with Crippen LogP contribution in [-0.4, -0.2) is 22.5 Å². The molecule has 0 radical (unpaired) electrons. The van der Waals surface area contributed by atoms with E-state index in [2.05, 4.69) is 18.9 Å². The van der Waals surface area contributed by atoms with E-state index in [9.17, 15) is 18.5 Å². The summed E-state index contributed by atoms with van der Waals surface area (Å²) in [5.74, 6) is 0.857. The van der Waals surface area contributed by atoms with Gasteiger partial charge in [0, 0.05) is 17.7 Å². The lowest BCUT2D eigenvalue weighted by Crippen LogP contribution is -2.18. The van der Waals surface area contributed by atoms with Crippen LogP contribution in [0.3, 0.4) is 0 Å². The van der Waals surface area contributed by atoms with E-state index in [-0.39, 0.29) is 16.0 Å². The van der Waals surface area contributed by atoms with Gasteiger partial charge in [0.15, 0.2) is 0 Å². The van der Waals surface area contributed by atoms with Crippen molar-refractivity contribution in [1.82, 2.24) is 9.19 Å². The van der Waals surface area contributed by atoms with E-state index < -0.39 is 14.9 Å². The van der Waals surface area contributed by atoms with E-state index in [1.165, 1.54) is 24.3 Å². The summed E-state index contributed by atoms with van der Waals surface area (Å²) in [7, 11) is -3.84. The van der Waals surface area contributed by atoms with E-state index in [4.69, 9.17) is 0 Å². The van der Waals surface area contributed by atoms with Gasteiger partial charge in [-0.2, -0.15) is 17.6 Å². The molecule has 0 aliphatic heterocycles. The van der Waals surface area contributed by atoms with Gasteiger partial charge in [-0.1, -0.05) is 13.8 Å². The minimum atomic E-state index is -3.84. The second kappa shape index (κ2) is 4.44. The molecule has 2 aliphatic rings. The Morgan fingerprint density at radius 3 is 2.50 bits per heavy atom. The van der Waals surface area contributed by atoms with E-state index in [0.29, 0.717) is 18.3 Å². The smallest absolute Gasteiger partial charge is 0.258 e. The minimum Gasteiger partial charge on any atom is -0.258 e. The summed E-state index contributed by atoms with van der Waals surface area (Å²) in [5.41, 5.74) is 2.66. The van der Waals surface area contributed by atoms with Crippen molar-refractivity contribution in [3.8, 4) is 0 Å². The molecule has 0 saturated heterocycles. The van der Waals surface area contributed by atoms with E-state index >= 15 is 0 Å². The molecule has 8 heteroatoms. The van der Waals surface area contributed by atoms with Crippen LogP contribution in [0.15, 0.2) is 29.2 Å². The van der Waals surface area contributed by atoms with Gasteiger partial charge in [0.25, 0.3) is 15.7 Å². The predicted molar refractivity (Wildman–Crippen MR) is 86.4 cm³/mol. The average molecular weight is 347 g/mol. The van der Waals surface area contributed by atoms with Crippen LogP contribution in [0, 0.1) is 28.4 Å². The molecule has 0 spiro atoms. The van der Waals surface area contributed by atoms with E-state index in [0.717, 1.165) is 21.0 Å². The number of nitro groups is 1. The molecule has 0 amide bonds. The number of non-ortho nitro benzene ring substituents is 1. The van der Waals surface area contributed by atoms with Gasteiger partial charge in [0.2, 0.25) is 0 Å². The van der Waals surface area contributed by atoms with Gasteiger partial charge in [0.1, 0.15) is 0 Å². The van der Waals surface area contributed by atoms with Gasteiger partial charge in [-0.15, -0.1) is 0 Å². The van der Waals surface area contributed by atoms with Crippen LogP contribution in [0.25, 0.3) is 0 Å². The van der Waals surface area contributed by atoms with Crippen molar-refractivity contribution in [2.45, 2.75) is 38.0 Å². The standard InChI is InChI=1S/C16H17N3O4S/c1-9-14-13(8-12-15(14)16(12,2)3)18(17-9)24(22,23)11-6-4-10(5-7-11)19(20)21/h4-7,12,15H,8H2,1-3H3/t12-,15+/m1/s1. The molecule has 0 unspecified atom stereocenters. The highest BCUT2D eigenvalue weighted by atomic mass is 32.2. The molecule has 2 aliphatic carbocycles. The summed E-state index contributed by atoms with van der Waals surface area (Å²) >= 11 is 0. The molecule has 1 fully saturated rings. The van der Waals surface area contributed by atoms with Gasteiger partial charge in [0.05, 0.1) is 21.2 Å². The number of hydrogen-bond donors (Lipinski definition) is 0. The van der Waals surface area contributed by atoms with Gasteiger partial charge >= 0.3 is 0 Å². The zero-order chi connectivity index (χ0) is 17.4. The predicted octanol–water partition coefficient (Wildman–Crippen LogP) is 2.63. The first-order chi connectivity index (χ1) is 11.2. The van der Waals surface area contributed by atoms with Gasteiger partial charge in [-0.05, 0) is 42.7 Å². The largest absolute Gasteiger partial charge is 0.283 e. The molecule has 1 heterocycles. The van der Waals surface area contributed by atoms with Crippen molar-refractivity contribution in [3.63, 3.8) is 0 Å². The number of benzene rings is 1. The lowest BCUT2D eigenvalue weighted by atomic mass is 9.98. The van der Waals surface area contributed by atoms with Crippen LogP contribution < -0.4 is 0 Å². The molecule has 1 aromatic heterocycles. The Hall–Kier alpha value is -2.22. The second-order valence-electron chi connectivity index (χ2n) is 7.15. The topological polar surface area (TPSA) is 95.1 Å². The summed E-state index contributed by atoms with van der Waals surface area (Å²) in [5, 5.41) is 15.0. The van der Waals surface area contributed by atoms with Crippen molar-refractivity contribution in [3.05, 3.63) is 51.3 Å². The first-order valence-electron chi connectivity index (χ1n) is 7.74. The SMILES string of the molecule is Cc1nn(S(=O)(=O)c2ccc([N+](=O)[O-])cc2)c2c1[C@@H]1[C@@H](C2)C1(C)C. The summed E-state index contributed by atoms with van der Waals surface area (Å²) in [6.07, 6.45) is 0.708. The summed E-state index contributed by atoms with van der Waals surface area (Å²) in [6.45, 7) is 6.25. The Balaban J connectivity index is 1.79. The van der Waals surface area contributed by atoms with Crippen LogP contribution in [0.1, 0.15) is 36.7 Å². The van der Waals surface area contributed by atoms with Gasteiger partial charge < -0.3 is 0 Å². The number of hydrogen-bond acceptors (Lipinski definition) is 5. The van der Waals surface area contributed by atoms with Crippen molar-refractivity contribution in [1.29, 1.82) is 0 Å². The van der Waals surface area contributed by atoms with Crippen molar-refractivity contribution >= 4 is 15.7 Å². The first-order valence-corrected chi connectivity index (χ1v) is 9.18. The third-order valence-corrected chi connectivity index (χ3v) is 7.15. The Labute approximate surface area is 139 Å². The maximum Gasteiger partial charge on any atom is 0.283 e. The summed E-state index contributed by atoms with van der Waals surface area (Å²) in [6, 6.07) is 4.92. The van der Waals surface area contributed by atoms with Crippen molar-refractivity contribution in [2.24, 2.45) is 11.3 Å². The van der Waals surface area contributed by atoms with Crippen molar-refractivity contribution < 1.29 is 13.3 Å². The van der Waals surface area contributed by atoms with Crippen LogP contribution >= 0.6 is 0 Å². The van der Waals surface area contributed by atoms with Crippen LogP contribution in [0.4, 0.5) is 5.69 Å². The fourth-order valence-electron chi connectivity index (χ4n) is 4.10. The molecule has 0 bridgehead atoms. The Kier molecular flexibility index (Phi) is 2.83. The third-order valence-electron chi connectivity index (χ3n) is 5.52. The molecule has 24 heavy (non-hydrogen) atoms. The monoisotopic (exact) mass is 347 g/mol. The fraction of sp³-hybridized carbons (Fsp3) is 0.438. The number of fused-ring (bicyclic) bond motifs is 3. The molecule has 2 aromatic rings. The number of aryl methyl sites for hydroxylation is 1. The number of nitrogens with zero attached hydrogens (tertiary/aromatic N) is 3. The number of aromatic nitrogens is 2. The lowest BCUT2D eigenvalue weighted by molar-refractivity contribution is -0.384. The molecule has 0 N–H and O–H groups in total. The maximum absolute atomic E-state index is 12.9. The zero-order valence-electron chi connectivity index (χ0n) is 13.6. The van der Waals surface area contributed by atoms with Crippen LogP contribution in [0.2, 0.25) is 0 Å². The lowest BCUT2D eigenvalue weighted by Gasteiger charge is -2.11. The van der Waals surface area contributed by atoms with Crippen LogP contribution in [0.5, 0.6) is 0 Å². The van der Waals surface area contributed by atoms with Crippen molar-refractivity contribution in [2.75, 3.05) is 0 Å². The molecular formula is C16H17N3O4S. The average Bonchev–Trinajstić information content (AvgIpc) is 2.85. The molecule has 4 rings (SSSR count). The normalized spacial score (nSPS) is 23.6. The van der Waals surface area contributed by atoms with Crippen LogP contribution in [-0.2, 0) is 16.4 Å². The van der Waals surface area contributed by atoms with Gasteiger partial charge in [-0.3, -0.25) is 10.1 Å². The molecule has 1 aromatic carbocycles. The third kappa shape index (κ3) is 1.83. The molecular weight excluding hydrogens is 330 g/mol. The molecule has 126 valence electrons. The highest BCUT2D eigenvalue weighted by molar-refractivity contribution is 7.89. The highest BCUT2D eigenvalue weighted by Gasteiger charge is 2.64. The van der Waals surface area contributed by atoms with E-state index in [1.54, 1.807) is 0 Å². The Morgan fingerprint density at radius 1 is 1.29 bits per heavy atom. The molecule has 2 atom stereocenters. The molecule has 1 saturated carbocycles. The molecule has 7 nitrogen and oxygen atoms in total. The highest BCUT2D eigenvalue weighted by Crippen LogP contribution is 2.70. The fourth-order valence-corrected chi connectivity index (χ4v) is 5.47. The first kappa shape index (κ1) is 15.3. The van der Waals surface area contributed by atoms with E-state index in [1.807, 2.05) is 6.92 Å². The quantitative estimate of drug-likeness (QED) is 0.628. The number of nitro benzene ring substituents is 1. The number of rotatable bonds is 3. The Bertz CT molecular complexity index is 973. The summed E-state index contributed by atoms with van der Waals surface area (Å²) in [4.78, 5) is 10.2.